The van der Waals surface area contributed by atoms with Crippen molar-refractivity contribution in [2.45, 2.75) is 25.1 Å². The number of nitrogens with zero attached hydrogens (tertiary/aromatic N) is 1. The standard InChI is InChI=1S/C5H9NO/c7-5-2-1-4-3-6(4)5/h4-5,7H,1-3H2. The maximum atomic E-state index is 8.97. The van der Waals surface area contributed by atoms with E-state index in [1.165, 1.54) is 6.42 Å². The zero-order valence-corrected chi connectivity index (χ0v) is 4.17. The fourth-order valence-corrected chi connectivity index (χ4v) is 1.33. The van der Waals surface area contributed by atoms with Gasteiger partial charge in [-0.25, -0.2) is 0 Å². The Morgan fingerprint density at radius 2 is 2.29 bits per heavy atom. The van der Waals surface area contributed by atoms with Crippen molar-refractivity contribution in [2.24, 2.45) is 0 Å². The van der Waals surface area contributed by atoms with E-state index in [9.17, 15) is 0 Å². The molecule has 2 nitrogen and oxygen atoms in total. The lowest BCUT2D eigenvalue weighted by atomic mass is 10.3. The third kappa shape index (κ3) is 0.409. The monoisotopic (exact) mass is 99.1 g/mol. The van der Waals surface area contributed by atoms with E-state index in [2.05, 4.69) is 4.90 Å². The second kappa shape index (κ2) is 1.01. The minimum absolute atomic E-state index is 0.0787. The van der Waals surface area contributed by atoms with E-state index in [1.54, 1.807) is 0 Å². The molecule has 40 valence electrons. The summed E-state index contributed by atoms with van der Waals surface area (Å²) >= 11 is 0. The highest BCUT2D eigenvalue weighted by atomic mass is 16.3. The molecule has 0 aromatic heterocycles. The first-order valence-electron chi connectivity index (χ1n) is 2.82. The highest BCUT2D eigenvalue weighted by Gasteiger charge is 2.44. The zero-order chi connectivity index (χ0) is 4.85. The molecule has 7 heavy (non-hydrogen) atoms. The van der Waals surface area contributed by atoms with Gasteiger partial charge in [-0.3, -0.25) is 4.90 Å². The number of aliphatic hydroxyl groups excluding tert-OH is 1. The molecular formula is C5H9NO. The van der Waals surface area contributed by atoms with Crippen LogP contribution in [0.1, 0.15) is 12.8 Å². The second-order valence-electron chi connectivity index (χ2n) is 2.41. The Bertz CT molecular complexity index is 94.1. The number of fused-ring (bicyclic) bond motifs is 1. The van der Waals surface area contributed by atoms with E-state index in [0.717, 1.165) is 19.0 Å². The molecule has 3 unspecified atom stereocenters. The molecule has 0 bridgehead atoms. The largest absolute Gasteiger partial charge is 0.378 e. The average molecular weight is 99.1 g/mol. The zero-order valence-electron chi connectivity index (χ0n) is 4.17. The average Bonchev–Trinajstić information content (AvgIpc) is 2.33. The molecule has 0 radical (unpaired) electrons. The molecule has 2 rings (SSSR count). The highest BCUT2D eigenvalue weighted by Crippen LogP contribution is 2.33. The van der Waals surface area contributed by atoms with Crippen LogP contribution in [0.25, 0.3) is 0 Å². The van der Waals surface area contributed by atoms with Crippen molar-refractivity contribution in [1.82, 2.24) is 4.90 Å². The lowest BCUT2D eigenvalue weighted by Gasteiger charge is -2.00. The van der Waals surface area contributed by atoms with Crippen molar-refractivity contribution in [3.63, 3.8) is 0 Å². The minimum Gasteiger partial charge on any atom is -0.378 e. The van der Waals surface area contributed by atoms with Gasteiger partial charge in [0.05, 0.1) is 0 Å². The topological polar surface area (TPSA) is 23.2 Å². The molecule has 0 amide bonds. The molecule has 0 saturated carbocycles. The van der Waals surface area contributed by atoms with Gasteiger partial charge in [-0.2, -0.15) is 0 Å². The highest BCUT2D eigenvalue weighted by molar-refractivity contribution is 4.96. The van der Waals surface area contributed by atoms with E-state index in [0.29, 0.717) is 0 Å². The summed E-state index contributed by atoms with van der Waals surface area (Å²) in [5.74, 6) is 0. The summed E-state index contributed by atoms with van der Waals surface area (Å²) < 4.78 is 0. The predicted molar refractivity (Wildman–Crippen MR) is 25.7 cm³/mol. The molecule has 0 spiro atoms. The van der Waals surface area contributed by atoms with Crippen LogP contribution < -0.4 is 0 Å². The van der Waals surface area contributed by atoms with Crippen LogP contribution >= 0.6 is 0 Å². The fraction of sp³-hybridized carbons (Fsp3) is 1.00. The van der Waals surface area contributed by atoms with Crippen LogP contribution in [0.5, 0.6) is 0 Å². The first-order valence-corrected chi connectivity index (χ1v) is 2.82. The number of aliphatic hydroxyl groups is 1. The van der Waals surface area contributed by atoms with Crippen LogP contribution in [0, 0.1) is 0 Å². The molecule has 3 atom stereocenters. The number of hydrogen-bond donors (Lipinski definition) is 1. The van der Waals surface area contributed by atoms with Crippen LogP contribution in [-0.2, 0) is 0 Å². The van der Waals surface area contributed by atoms with Crippen molar-refractivity contribution in [1.29, 1.82) is 0 Å². The van der Waals surface area contributed by atoms with Gasteiger partial charge in [0.15, 0.2) is 0 Å². The number of hydrogen-bond acceptors (Lipinski definition) is 2. The van der Waals surface area contributed by atoms with Crippen LogP contribution in [0.15, 0.2) is 0 Å². The van der Waals surface area contributed by atoms with E-state index >= 15 is 0 Å². The molecule has 1 N–H and O–H groups in total. The minimum atomic E-state index is -0.0787. The maximum absolute atomic E-state index is 8.97. The Morgan fingerprint density at radius 1 is 1.43 bits per heavy atom. The third-order valence-electron chi connectivity index (χ3n) is 1.90. The summed E-state index contributed by atoms with van der Waals surface area (Å²) in [4.78, 5) is 2.12. The van der Waals surface area contributed by atoms with Crippen molar-refractivity contribution in [3.05, 3.63) is 0 Å². The van der Waals surface area contributed by atoms with Crippen molar-refractivity contribution in [3.8, 4) is 0 Å². The van der Waals surface area contributed by atoms with Crippen molar-refractivity contribution >= 4 is 0 Å². The number of piperidine rings is 1. The lowest BCUT2D eigenvalue weighted by molar-refractivity contribution is 0.0931. The quantitative estimate of drug-likeness (QED) is 0.424. The summed E-state index contributed by atoms with van der Waals surface area (Å²) in [5, 5.41) is 8.97. The SMILES string of the molecule is OC1CCC2CN12. The summed E-state index contributed by atoms with van der Waals surface area (Å²) in [7, 11) is 0. The first-order chi connectivity index (χ1) is 3.38. The molecule has 2 saturated heterocycles. The summed E-state index contributed by atoms with van der Waals surface area (Å²) in [6.45, 7) is 1.15. The van der Waals surface area contributed by atoms with Gasteiger partial charge >= 0.3 is 0 Å². The Balaban J connectivity index is 2.08. The fourth-order valence-electron chi connectivity index (χ4n) is 1.33. The van der Waals surface area contributed by atoms with Crippen molar-refractivity contribution < 1.29 is 5.11 Å². The van der Waals surface area contributed by atoms with E-state index in [4.69, 9.17) is 5.11 Å². The Labute approximate surface area is 42.7 Å². The van der Waals surface area contributed by atoms with Gasteiger partial charge < -0.3 is 5.11 Å². The van der Waals surface area contributed by atoms with Gasteiger partial charge in [-0.1, -0.05) is 0 Å². The smallest absolute Gasteiger partial charge is 0.107 e. The first kappa shape index (κ1) is 3.87. The van der Waals surface area contributed by atoms with Gasteiger partial charge in [-0.05, 0) is 12.8 Å². The molecule has 0 aromatic rings. The lowest BCUT2D eigenvalue weighted by Crippen LogP contribution is -2.11. The normalized spacial score (nSPS) is 57.0. The Kier molecular flexibility index (Phi) is 0.557. The molecular weight excluding hydrogens is 90.1 g/mol. The van der Waals surface area contributed by atoms with Gasteiger partial charge in [0.1, 0.15) is 6.23 Å². The predicted octanol–water partition coefficient (Wildman–Crippen LogP) is -0.217. The molecule has 2 heteroatoms. The summed E-state index contributed by atoms with van der Waals surface area (Å²) in [5.41, 5.74) is 0. The van der Waals surface area contributed by atoms with E-state index < -0.39 is 0 Å². The van der Waals surface area contributed by atoms with Crippen LogP contribution in [0.3, 0.4) is 0 Å². The van der Waals surface area contributed by atoms with Crippen molar-refractivity contribution in [2.75, 3.05) is 6.54 Å². The molecule has 0 aromatic carbocycles. The van der Waals surface area contributed by atoms with Gasteiger partial charge in [-0.15, -0.1) is 0 Å². The summed E-state index contributed by atoms with van der Waals surface area (Å²) in [6.07, 6.45) is 2.15. The summed E-state index contributed by atoms with van der Waals surface area (Å²) in [6, 6.07) is 0.773. The Hall–Kier alpha value is -0.0800. The molecule has 0 aliphatic carbocycles. The molecule has 2 heterocycles. The van der Waals surface area contributed by atoms with Crippen LogP contribution in [0.2, 0.25) is 0 Å². The van der Waals surface area contributed by atoms with Crippen LogP contribution in [0.4, 0.5) is 0 Å². The van der Waals surface area contributed by atoms with Gasteiger partial charge in [0, 0.05) is 12.6 Å². The number of rotatable bonds is 0. The van der Waals surface area contributed by atoms with E-state index in [1.807, 2.05) is 0 Å². The second-order valence-corrected chi connectivity index (χ2v) is 2.41. The van der Waals surface area contributed by atoms with Gasteiger partial charge in [0.25, 0.3) is 0 Å². The van der Waals surface area contributed by atoms with Gasteiger partial charge in [0.2, 0.25) is 0 Å². The maximum Gasteiger partial charge on any atom is 0.107 e. The molecule has 2 aliphatic rings. The van der Waals surface area contributed by atoms with E-state index in [-0.39, 0.29) is 6.23 Å². The molecule has 2 fully saturated rings. The van der Waals surface area contributed by atoms with Crippen LogP contribution in [-0.4, -0.2) is 28.8 Å². The molecule has 2 aliphatic heterocycles. The Morgan fingerprint density at radius 3 is 2.43 bits per heavy atom. The third-order valence-corrected chi connectivity index (χ3v) is 1.90.